The van der Waals surface area contributed by atoms with Gasteiger partial charge in [0.15, 0.2) is 4.21 Å². The molecule has 7 heteroatoms. The third-order valence-electron chi connectivity index (χ3n) is 2.06. The Morgan fingerprint density at radius 1 is 1.56 bits per heavy atom. The van der Waals surface area contributed by atoms with E-state index in [0.717, 1.165) is 11.3 Å². The molecular formula is C9H16N2O3S2. The largest absolute Gasteiger partial charge is 0.395 e. The topological polar surface area (TPSA) is 70.5 Å². The fourth-order valence-electron chi connectivity index (χ4n) is 1.33. The Bertz CT molecular complexity index is 439. The summed E-state index contributed by atoms with van der Waals surface area (Å²) >= 11 is 1.14. The second-order valence-electron chi connectivity index (χ2n) is 3.63. The van der Waals surface area contributed by atoms with Gasteiger partial charge in [0, 0.05) is 12.6 Å². The van der Waals surface area contributed by atoms with E-state index >= 15 is 0 Å². The Kier molecular flexibility index (Phi) is 4.43. The number of aryl methyl sites for hydroxylation is 1. The van der Waals surface area contributed by atoms with Crippen LogP contribution in [-0.2, 0) is 10.0 Å². The number of nitrogens with zero attached hydrogens (tertiary/aromatic N) is 2. The SMILES string of the molecule is Cc1ncc(S(=O)(=O)N(CCO)C(C)C)s1. The molecule has 0 bridgehead atoms. The first kappa shape index (κ1) is 13.6. The number of thiazole rings is 1. The first-order valence-electron chi connectivity index (χ1n) is 4.94. The van der Waals surface area contributed by atoms with E-state index in [1.165, 1.54) is 10.5 Å². The van der Waals surface area contributed by atoms with Gasteiger partial charge >= 0.3 is 0 Å². The highest BCUT2D eigenvalue weighted by atomic mass is 32.2. The zero-order valence-corrected chi connectivity index (χ0v) is 11.2. The van der Waals surface area contributed by atoms with Crippen molar-refractivity contribution in [3.8, 4) is 0 Å². The first-order valence-corrected chi connectivity index (χ1v) is 7.20. The third-order valence-corrected chi connectivity index (χ3v) is 5.48. The molecule has 92 valence electrons. The predicted octanol–water partition coefficient (Wildman–Crippen LogP) is 0.843. The molecule has 0 aliphatic rings. The van der Waals surface area contributed by atoms with Crippen LogP contribution < -0.4 is 0 Å². The van der Waals surface area contributed by atoms with Gasteiger partial charge in [-0.15, -0.1) is 11.3 Å². The van der Waals surface area contributed by atoms with E-state index in [1.807, 2.05) is 0 Å². The van der Waals surface area contributed by atoms with Crippen molar-refractivity contribution in [2.75, 3.05) is 13.2 Å². The highest BCUT2D eigenvalue weighted by Crippen LogP contribution is 2.23. The number of aliphatic hydroxyl groups is 1. The molecule has 0 radical (unpaired) electrons. The van der Waals surface area contributed by atoms with Crippen LogP contribution in [0.15, 0.2) is 10.4 Å². The fraction of sp³-hybridized carbons (Fsp3) is 0.667. The average Bonchev–Trinajstić information content (AvgIpc) is 2.61. The van der Waals surface area contributed by atoms with Crippen molar-refractivity contribution < 1.29 is 13.5 Å². The molecule has 0 atom stereocenters. The van der Waals surface area contributed by atoms with Gasteiger partial charge in [-0.3, -0.25) is 0 Å². The quantitative estimate of drug-likeness (QED) is 0.855. The number of sulfonamides is 1. The van der Waals surface area contributed by atoms with Crippen LogP contribution in [-0.4, -0.2) is 42.0 Å². The van der Waals surface area contributed by atoms with Gasteiger partial charge < -0.3 is 5.11 Å². The molecule has 0 aliphatic carbocycles. The zero-order chi connectivity index (χ0) is 12.3. The van der Waals surface area contributed by atoms with Crippen LogP contribution in [0.4, 0.5) is 0 Å². The van der Waals surface area contributed by atoms with Crippen molar-refractivity contribution in [1.82, 2.24) is 9.29 Å². The standard InChI is InChI=1S/C9H16N2O3S2/c1-7(2)11(4-5-12)16(13,14)9-6-10-8(3)15-9/h6-7,12H,4-5H2,1-3H3. The first-order chi connectivity index (χ1) is 7.39. The van der Waals surface area contributed by atoms with E-state index in [-0.39, 0.29) is 23.4 Å². The zero-order valence-electron chi connectivity index (χ0n) is 9.54. The second kappa shape index (κ2) is 5.22. The average molecular weight is 264 g/mol. The van der Waals surface area contributed by atoms with E-state index in [1.54, 1.807) is 20.8 Å². The van der Waals surface area contributed by atoms with Crippen LogP contribution in [0.5, 0.6) is 0 Å². The van der Waals surface area contributed by atoms with Crippen molar-refractivity contribution in [1.29, 1.82) is 0 Å². The van der Waals surface area contributed by atoms with Gasteiger partial charge in [-0.2, -0.15) is 4.31 Å². The Morgan fingerprint density at radius 2 is 2.19 bits per heavy atom. The lowest BCUT2D eigenvalue weighted by Crippen LogP contribution is -2.38. The number of hydrogen-bond donors (Lipinski definition) is 1. The summed E-state index contributed by atoms with van der Waals surface area (Å²) < 4.78 is 25.8. The molecule has 0 fully saturated rings. The Hall–Kier alpha value is -0.500. The summed E-state index contributed by atoms with van der Waals surface area (Å²) in [6.45, 7) is 5.24. The summed E-state index contributed by atoms with van der Waals surface area (Å²) in [4.78, 5) is 3.93. The lowest BCUT2D eigenvalue weighted by atomic mass is 10.4. The highest BCUT2D eigenvalue weighted by Gasteiger charge is 2.28. The van der Waals surface area contributed by atoms with Gasteiger partial charge in [-0.05, 0) is 20.8 Å². The smallest absolute Gasteiger partial charge is 0.254 e. The summed E-state index contributed by atoms with van der Waals surface area (Å²) in [5, 5.41) is 9.60. The van der Waals surface area contributed by atoms with E-state index in [4.69, 9.17) is 5.11 Å². The van der Waals surface area contributed by atoms with Gasteiger partial charge in [-0.25, -0.2) is 13.4 Å². The third kappa shape index (κ3) is 2.79. The monoisotopic (exact) mass is 264 g/mol. The van der Waals surface area contributed by atoms with Crippen LogP contribution in [0.25, 0.3) is 0 Å². The molecule has 0 aliphatic heterocycles. The van der Waals surface area contributed by atoms with E-state index < -0.39 is 10.0 Å². The van der Waals surface area contributed by atoms with Gasteiger partial charge in [-0.1, -0.05) is 0 Å². The molecule has 1 aromatic rings. The minimum Gasteiger partial charge on any atom is -0.395 e. The van der Waals surface area contributed by atoms with Crippen molar-refractivity contribution >= 4 is 21.4 Å². The minimum absolute atomic E-state index is 0.108. The molecular weight excluding hydrogens is 248 g/mol. The van der Waals surface area contributed by atoms with Crippen LogP contribution >= 0.6 is 11.3 Å². The van der Waals surface area contributed by atoms with Gasteiger partial charge in [0.25, 0.3) is 10.0 Å². The molecule has 16 heavy (non-hydrogen) atoms. The lowest BCUT2D eigenvalue weighted by molar-refractivity contribution is 0.237. The minimum atomic E-state index is -3.51. The molecule has 0 spiro atoms. The van der Waals surface area contributed by atoms with Gasteiger partial charge in [0.05, 0.1) is 17.8 Å². The van der Waals surface area contributed by atoms with E-state index in [9.17, 15) is 8.42 Å². The molecule has 1 N–H and O–H groups in total. The molecule has 0 saturated carbocycles. The van der Waals surface area contributed by atoms with E-state index in [0.29, 0.717) is 5.01 Å². The number of aliphatic hydroxyl groups excluding tert-OH is 1. The maximum absolute atomic E-state index is 12.2. The molecule has 0 aromatic carbocycles. The molecule has 0 saturated heterocycles. The Morgan fingerprint density at radius 3 is 2.56 bits per heavy atom. The summed E-state index contributed by atoms with van der Waals surface area (Å²) in [5.74, 6) is 0. The lowest BCUT2D eigenvalue weighted by Gasteiger charge is -2.23. The van der Waals surface area contributed by atoms with Gasteiger partial charge in [0.2, 0.25) is 0 Å². The Balaban J connectivity index is 3.08. The molecule has 0 amide bonds. The molecule has 0 unspecified atom stereocenters. The van der Waals surface area contributed by atoms with Crippen molar-refractivity contribution in [2.45, 2.75) is 31.0 Å². The summed E-state index contributed by atoms with van der Waals surface area (Å²) in [6.07, 6.45) is 1.36. The van der Waals surface area contributed by atoms with Crippen molar-refractivity contribution in [3.05, 3.63) is 11.2 Å². The maximum Gasteiger partial charge on any atom is 0.254 e. The summed E-state index contributed by atoms with van der Waals surface area (Å²) in [5.41, 5.74) is 0. The number of hydrogen-bond acceptors (Lipinski definition) is 5. The normalized spacial score (nSPS) is 12.6. The van der Waals surface area contributed by atoms with Crippen molar-refractivity contribution in [2.24, 2.45) is 0 Å². The fourth-order valence-corrected chi connectivity index (χ4v) is 4.20. The molecule has 1 rings (SSSR count). The van der Waals surface area contributed by atoms with Crippen LogP contribution in [0.2, 0.25) is 0 Å². The van der Waals surface area contributed by atoms with E-state index in [2.05, 4.69) is 4.98 Å². The molecule has 5 nitrogen and oxygen atoms in total. The van der Waals surface area contributed by atoms with Crippen LogP contribution in [0.1, 0.15) is 18.9 Å². The maximum atomic E-state index is 12.2. The molecule has 1 heterocycles. The van der Waals surface area contributed by atoms with Gasteiger partial charge in [0.1, 0.15) is 0 Å². The summed E-state index contributed by atoms with van der Waals surface area (Å²) in [7, 11) is -3.51. The predicted molar refractivity (Wildman–Crippen MR) is 63.0 cm³/mol. The van der Waals surface area contributed by atoms with Crippen molar-refractivity contribution in [3.63, 3.8) is 0 Å². The molecule has 1 aromatic heterocycles. The highest BCUT2D eigenvalue weighted by molar-refractivity contribution is 7.91. The number of rotatable bonds is 5. The summed E-state index contributed by atoms with van der Waals surface area (Å²) in [6, 6.07) is -0.181. The van der Waals surface area contributed by atoms with Crippen LogP contribution in [0, 0.1) is 6.92 Å². The number of aromatic nitrogens is 1. The Labute approximate surface area is 99.8 Å². The second-order valence-corrected chi connectivity index (χ2v) is 6.98. The van der Waals surface area contributed by atoms with Crippen LogP contribution in [0.3, 0.4) is 0 Å².